The predicted octanol–water partition coefficient (Wildman–Crippen LogP) is 2.69. The topological polar surface area (TPSA) is 35.6 Å². The van der Waals surface area contributed by atoms with Gasteiger partial charge in [-0.05, 0) is 36.3 Å². The van der Waals surface area contributed by atoms with Gasteiger partial charge in [-0.15, -0.1) is 0 Å². The summed E-state index contributed by atoms with van der Waals surface area (Å²) in [5.74, 6) is 0. The molecule has 1 unspecified atom stereocenters. The number of likely N-dealkylation sites (tertiary alicyclic amines) is 1. The van der Waals surface area contributed by atoms with E-state index in [4.69, 9.17) is 0 Å². The molecule has 0 aliphatic carbocycles. The zero-order valence-electron chi connectivity index (χ0n) is 13.2. The molecular formula is C18H23N3O. The van der Waals surface area contributed by atoms with Gasteiger partial charge < -0.3 is 15.1 Å². The Morgan fingerprint density at radius 2 is 2.05 bits per heavy atom. The summed E-state index contributed by atoms with van der Waals surface area (Å²) in [6.45, 7) is 2.58. The van der Waals surface area contributed by atoms with Gasteiger partial charge in [-0.2, -0.15) is 0 Å². The highest BCUT2D eigenvalue weighted by atomic mass is 16.2. The molecule has 1 N–H and O–H groups in total. The maximum Gasteiger partial charge on any atom is 0.317 e. The summed E-state index contributed by atoms with van der Waals surface area (Å²) < 4.78 is 0. The van der Waals surface area contributed by atoms with Crippen LogP contribution in [0.4, 0.5) is 4.79 Å². The van der Waals surface area contributed by atoms with E-state index in [1.165, 1.54) is 10.8 Å². The smallest absolute Gasteiger partial charge is 0.317 e. The quantitative estimate of drug-likeness (QED) is 0.945. The number of carbonyl (C=O) groups is 1. The predicted molar refractivity (Wildman–Crippen MR) is 89.8 cm³/mol. The van der Waals surface area contributed by atoms with Crippen molar-refractivity contribution in [3.63, 3.8) is 0 Å². The van der Waals surface area contributed by atoms with Crippen LogP contribution in [0.15, 0.2) is 42.5 Å². The van der Waals surface area contributed by atoms with Crippen LogP contribution in [0.2, 0.25) is 0 Å². The molecule has 0 aromatic heterocycles. The molecule has 22 heavy (non-hydrogen) atoms. The molecule has 1 aliphatic rings. The fourth-order valence-electron chi connectivity index (χ4n) is 3.14. The number of benzene rings is 2. The van der Waals surface area contributed by atoms with Crippen molar-refractivity contribution < 1.29 is 4.79 Å². The van der Waals surface area contributed by atoms with E-state index < -0.39 is 0 Å². The number of hydrogen-bond donors (Lipinski definition) is 1. The van der Waals surface area contributed by atoms with E-state index >= 15 is 0 Å². The van der Waals surface area contributed by atoms with Gasteiger partial charge in [-0.3, -0.25) is 0 Å². The Hall–Kier alpha value is -2.07. The molecule has 0 bridgehead atoms. The molecule has 1 aliphatic heterocycles. The summed E-state index contributed by atoms with van der Waals surface area (Å²) in [7, 11) is 3.99. The van der Waals surface area contributed by atoms with Gasteiger partial charge in [0.2, 0.25) is 0 Å². The summed E-state index contributed by atoms with van der Waals surface area (Å²) in [5.41, 5.74) is 1.16. The number of fused-ring (bicyclic) bond motifs is 1. The van der Waals surface area contributed by atoms with Crippen LogP contribution < -0.4 is 5.32 Å². The van der Waals surface area contributed by atoms with Crippen molar-refractivity contribution in [1.82, 2.24) is 15.1 Å². The molecule has 2 aromatic rings. The monoisotopic (exact) mass is 297 g/mol. The minimum Gasteiger partial charge on any atom is -0.334 e. The second-order valence-electron chi connectivity index (χ2n) is 6.11. The Labute approximate surface area is 131 Å². The number of nitrogens with one attached hydrogen (secondary N) is 1. The molecule has 1 heterocycles. The van der Waals surface area contributed by atoms with Gasteiger partial charge in [0, 0.05) is 26.2 Å². The lowest BCUT2D eigenvalue weighted by atomic mass is 10.0. The third-order valence-electron chi connectivity index (χ3n) is 4.54. The third kappa shape index (κ3) is 3.07. The average molecular weight is 297 g/mol. The molecular weight excluding hydrogens is 274 g/mol. The largest absolute Gasteiger partial charge is 0.334 e. The number of urea groups is 1. The van der Waals surface area contributed by atoms with Crippen LogP contribution in [0.25, 0.3) is 10.8 Å². The molecule has 2 aromatic carbocycles. The summed E-state index contributed by atoms with van der Waals surface area (Å²) in [6, 6.07) is 14.8. The van der Waals surface area contributed by atoms with Crippen molar-refractivity contribution in [1.29, 1.82) is 0 Å². The van der Waals surface area contributed by atoms with Crippen molar-refractivity contribution in [3.8, 4) is 0 Å². The standard InChI is InChI=1S/C18H23N3O/c1-20-11-10-16(13-20)21(2)18(22)19-12-15-8-5-7-14-6-3-4-9-17(14)15/h3-9,16H,10-13H2,1-2H3,(H,19,22). The Balaban J connectivity index is 1.65. The summed E-state index contributed by atoms with van der Waals surface area (Å²) in [6.07, 6.45) is 1.05. The molecule has 1 saturated heterocycles. The number of carbonyl (C=O) groups excluding carboxylic acids is 1. The van der Waals surface area contributed by atoms with E-state index in [9.17, 15) is 4.79 Å². The second-order valence-corrected chi connectivity index (χ2v) is 6.11. The lowest BCUT2D eigenvalue weighted by Gasteiger charge is -2.24. The Morgan fingerprint density at radius 3 is 2.82 bits per heavy atom. The first-order valence-corrected chi connectivity index (χ1v) is 7.81. The first-order valence-electron chi connectivity index (χ1n) is 7.81. The SMILES string of the molecule is CN1CCC(N(C)C(=O)NCc2cccc3ccccc23)C1. The van der Waals surface area contributed by atoms with Crippen LogP contribution in [-0.2, 0) is 6.54 Å². The van der Waals surface area contributed by atoms with Crippen molar-refractivity contribution in [2.45, 2.75) is 19.0 Å². The van der Waals surface area contributed by atoms with E-state index in [1.54, 1.807) is 0 Å². The highest BCUT2D eigenvalue weighted by Crippen LogP contribution is 2.18. The molecule has 2 amide bonds. The number of hydrogen-bond acceptors (Lipinski definition) is 2. The molecule has 1 atom stereocenters. The minimum absolute atomic E-state index is 0.00762. The molecule has 0 spiro atoms. The number of likely N-dealkylation sites (N-methyl/N-ethyl adjacent to an activating group) is 2. The van der Waals surface area contributed by atoms with E-state index in [0.717, 1.165) is 25.1 Å². The fourth-order valence-corrected chi connectivity index (χ4v) is 3.14. The van der Waals surface area contributed by atoms with Crippen molar-refractivity contribution in [2.75, 3.05) is 27.2 Å². The van der Waals surface area contributed by atoms with Gasteiger partial charge in [-0.1, -0.05) is 42.5 Å². The van der Waals surface area contributed by atoms with Crippen LogP contribution in [0, 0.1) is 0 Å². The van der Waals surface area contributed by atoms with Gasteiger partial charge in [0.1, 0.15) is 0 Å². The van der Waals surface area contributed by atoms with Gasteiger partial charge in [0.15, 0.2) is 0 Å². The number of rotatable bonds is 3. The second kappa shape index (κ2) is 6.36. The van der Waals surface area contributed by atoms with E-state index in [2.05, 4.69) is 41.5 Å². The van der Waals surface area contributed by atoms with Crippen LogP contribution in [0.5, 0.6) is 0 Å². The fraction of sp³-hybridized carbons (Fsp3) is 0.389. The first kappa shape index (κ1) is 14.9. The van der Waals surface area contributed by atoms with Crippen molar-refractivity contribution in [2.24, 2.45) is 0 Å². The average Bonchev–Trinajstić information content (AvgIpc) is 2.98. The molecule has 116 valence electrons. The van der Waals surface area contributed by atoms with E-state index in [-0.39, 0.29) is 6.03 Å². The summed E-state index contributed by atoms with van der Waals surface area (Å²) in [4.78, 5) is 16.4. The third-order valence-corrected chi connectivity index (χ3v) is 4.54. The minimum atomic E-state index is 0.00762. The maximum atomic E-state index is 12.3. The zero-order chi connectivity index (χ0) is 15.5. The van der Waals surface area contributed by atoms with Crippen LogP contribution in [-0.4, -0.2) is 49.1 Å². The van der Waals surface area contributed by atoms with Crippen LogP contribution in [0.1, 0.15) is 12.0 Å². The van der Waals surface area contributed by atoms with E-state index in [0.29, 0.717) is 12.6 Å². The van der Waals surface area contributed by atoms with E-state index in [1.807, 2.05) is 30.1 Å². The summed E-state index contributed by atoms with van der Waals surface area (Å²) in [5, 5.41) is 5.46. The lowest BCUT2D eigenvalue weighted by Crippen LogP contribution is -2.44. The first-order chi connectivity index (χ1) is 10.6. The van der Waals surface area contributed by atoms with Crippen LogP contribution >= 0.6 is 0 Å². The Bertz CT molecular complexity index is 665. The van der Waals surface area contributed by atoms with Gasteiger partial charge in [0.05, 0.1) is 0 Å². The molecule has 0 saturated carbocycles. The Kier molecular flexibility index (Phi) is 4.29. The number of nitrogens with zero attached hydrogens (tertiary/aromatic N) is 2. The van der Waals surface area contributed by atoms with Crippen molar-refractivity contribution >= 4 is 16.8 Å². The molecule has 1 fully saturated rings. The van der Waals surface area contributed by atoms with Crippen molar-refractivity contribution in [3.05, 3.63) is 48.0 Å². The highest BCUT2D eigenvalue weighted by Gasteiger charge is 2.26. The zero-order valence-corrected chi connectivity index (χ0v) is 13.2. The molecule has 4 nitrogen and oxygen atoms in total. The molecule has 0 radical (unpaired) electrons. The molecule has 3 rings (SSSR count). The maximum absolute atomic E-state index is 12.3. The lowest BCUT2D eigenvalue weighted by molar-refractivity contribution is 0.190. The highest BCUT2D eigenvalue weighted by molar-refractivity contribution is 5.86. The number of amides is 2. The van der Waals surface area contributed by atoms with Crippen LogP contribution in [0.3, 0.4) is 0 Å². The van der Waals surface area contributed by atoms with Gasteiger partial charge >= 0.3 is 6.03 Å². The normalized spacial score (nSPS) is 18.5. The van der Waals surface area contributed by atoms with Gasteiger partial charge in [-0.25, -0.2) is 4.79 Å². The van der Waals surface area contributed by atoms with Gasteiger partial charge in [0.25, 0.3) is 0 Å². The Morgan fingerprint density at radius 1 is 1.27 bits per heavy atom. The molecule has 4 heteroatoms. The summed E-state index contributed by atoms with van der Waals surface area (Å²) >= 11 is 0.